The lowest BCUT2D eigenvalue weighted by Gasteiger charge is -2.12. The van der Waals surface area contributed by atoms with Gasteiger partial charge in [-0.2, -0.15) is 0 Å². The first kappa shape index (κ1) is 20.9. The van der Waals surface area contributed by atoms with E-state index in [1.807, 2.05) is 13.8 Å². The highest BCUT2D eigenvalue weighted by molar-refractivity contribution is 5.70. The topological polar surface area (TPSA) is 93.1 Å². The van der Waals surface area contributed by atoms with Crippen molar-refractivity contribution in [3.05, 3.63) is 0 Å². The van der Waals surface area contributed by atoms with Gasteiger partial charge in [-0.25, -0.2) is 0 Å². The van der Waals surface area contributed by atoms with Crippen LogP contribution in [0.15, 0.2) is 0 Å². The first-order chi connectivity index (χ1) is 10.5. The Hall–Kier alpha value is -1.14. The van der Waals surface area contributed by atoms with Crippen molar-refractivity contribution in [3.8, 4) is 0 Å². The molecule has 130 valence electrons. The lowest BCUT2D eigenvalue weighted by atomic mass is 10.0. The fourth-order valence-corrected chi connectivity index (χ4v) is 2.25. The third-order valence-electron chi connectivity index (χ3n) is 3.57. The Morgan fingerprint density at radius 1 is 0.727 bits per heavy atom. The number of aliphatic carboxylic acids is 2. The Kier molecular flexibility index (Phi) is 12.8. The average molecular weight is 318 g/mol. The predicted octanol–water partition coefficient (Wildman–Crippen LogP) is 2.80. The molecule has 0 aliphatic heterocycles. The first-order valence-corrected chi connectivity index (χ1v) is 8.13. The number of hydrogen-bond acceptors (Lipinski definition) is 4. The summed E-state index contributed by atoms with van der Waals surface area (Å²) >= 11 is 0. The molecule has 0 aromatic heterocycles. The summed E-state index contributed by atoms with van der Waals surface area (Å²) in [6.07, 6.45) is 4.07. The van der Waals surface area contributed by atoms with Crippen molar-refractivity contribution in [3.63, 3.8) is 0 Å². The second-order valence-electron chi connectivity index (χ2n) is 5.45. The summed E-state index contributed by atoms with van der Waals surface area (Å²) in [6.45, 7) is 5.57. The molecular weight excluding hydrogens is 288 g/mol. The average Bonchev–Trinajstić information content (AvgIpc) is 2.47. The van der Waals surface area contributed by atoms with Gasteiger partial charge in [-0.15, -0.1) is 0 Å². The zero-order valence-corrected chi connectivity index (χ0v) is 13.8. The molecule has 0 amide bonds. The standard InChI is InChI=1S/C16H30O6/c1-3-5-13(15(17)18)7-9-21-11-12-22-10-8-14(6-4-2)16(19)20/h13-14H,3-12H2,1-2H3,(H,17,18)(H,19,20). The van der Waals surface area contributed by atoms with Gasteiger partial charge in [0.2, 0.25) is 0 Å². The van der Waals surface area contributed by atoms with Gasteiger partial charge in [0.25, 0.3) is 0 Å². The molecule has 0 aromatic carbocycles. The van der Waals surface area contributed by atoms with Crippen LogP contribution in [0, 0.1) is 11.8 Å². The van der Waals surface area contributed by atoms with Crippen molar-refractivity contribution in [2.45, 2.75) is 52.4 Å². The van der Waals surface area contributed by atoms with Crippen LogP contribution in [0.1, 0.15) is 52.4 Å². The van der Waals surface area contributed by atoms with E-state index in [2.05, 4.69) is 0 Å². The maximum atomic E-state index is 10.9. The highest BCUT2D eigenvalue weighted by atomic mass is 16.5. The van der Waals surface area contributed by atoms with Gasteiger partial charge in [0.1, 0.15) is 0 Å². The molecule has 0 heterocycles. The van der Waals surface area contributed by atoms with Crippen molar-refractivity contribution >= 4 is 11.9 Å². The molecule has 0 bridgehead atoms. The van der Waals surface area contributed by atoms with Gasteiger partial charge in [-0.3, -0.25) is 9.59 Å². The Balaban J connectivity index is 3.57. The first-order valence-electron chi connectivity index (χ1n) is 8.13. The molecule has 22 heavy (non-hydrogen) atoms. The zero-order valence-electron chi connectivity index (χ0n) is 13.8. The number of ether oxygens (including phenoxy) is 2. The molecule has 0 saturated carbocycles. The Morgan fingerprint density at radius 2 is 1.09 bits per heavy atom. The van der Waals surface area contributed by atoms with E-state index in [4.69, 9.17) is 19.7 Å². The second kappa shape index (κ2) is 13.5. The Labute approximate surface area is 132 Å². The van der Waals surface area contributed by atoms with Crippen molar-refractivity contribution in [2.24, 2.45) is 11.8 Å². The van der Waals surface area contributed by atoms with Gasteiger partial charge in [-0.05, 0) is 25.7 Å². The smallest absolute Gasteiger partial charge is 0.306 e. The fourth-order valence-electron chi connectivity index (χ4n) is 2.25. The van der Waals surface area contributed by atoms with E-state index in [1.54, 1.807) is 0 Å². The van der Waals surface area contributed by atoms with Crippen LogP contribution in [-0.4, -0.2) is 48.6 Å². The molecule has 0 rings (SSSR count). The van der Waals surface area contributed by atoms with Crippen molar-refractivity contribution in [2.75, 3.05) is 26.4 Å². The molecule has 0 radical (unpaired) electrons. The minimum absolute atomic E-state index is 0.337. The summed E-state index contributed by atoms with van der Waals surface area (Å²) in [5, 5.41) is 18.0. The van der Waals surface area contributed by atoms with Crippen LogP contribution in [0.5, 0.6) is 0 Å². The molecule has 6 nitrogen and oxygen atoms in total. The lowest BCUT2D eigenvalue weighted by molar-refractivity contribution is -0.143. The molecule has 2 unspecified atom stereocenters. The van der Waals surface area contributed by atoms with E-state index in [0.717, 1.165) is 12.8 Å². The molecule has 0 saturated heterocycles. The minimum atomic E-state index is -0.766. The van der Waals surface area contributed by atoms with Crippen LogP contribution < -0.4 is 0 Å². The number of rotatable bonds is 15. The predicted molar refractivity (Wildman–Crippen MR) is 82.9 cm³/mol. The quantitative estimate of drug-likeness (QED) is 0.451. The molecule has 0 aliphatic rings. The van der Waals surface area contributed by atoms with Crippen LogP contribution in [0.4, 0.5) is 0 Å². The molecule has 0 fully saturated rings. The fraction of sp³-hybridized carbons (Fsp3) is 0.875. The summed E-state index contributed by atoms with van der Waals surface area (Å²) < 4.78 is 10.7. The van der Waals surface area contributed by atoms with Crippen LogP contribution in [-0.2, 0) is 19.1 Å². The van der Waals surface area contributed by atoms with Crippen molar-refractivity contribution in [1.82, 2.24) is 0 Å². The summed E-state index contributed by atoms with van der Waals surface area (Å²) in [5.74, 6) is -2.21. The van der Waals surface area contributed by atoms with Gasteiger partial charge in [-0.1, -0.05) is 26.7 Å². The SMILES string of the molecule is CCCC(CCOCCOCCC(CCC)C(=O)O)C(=O)O. The number of hydrogen-bond donors (Lipinski definition) is 2. The van der Waals surface area contributed by atoms with Gasteiger partial charge in [0.05, 0.1) is 25.0 Å². The maximum Gasteiger partial charge on any atom is 0.306 e. The van der Waals surface area contributed by atoms with Gasteiger partial charge < -0.3 is 19.7 Å². The normalized spacial score (nSPS) is 13.7. The van der Waals surface area contributed by atoms with Crippen LogP contribution in [0.2, 0.25) is 0 Å². The molecule has 0 aromatic rings. The van der Waals surface area contributed by atoms with Crippen LogP contribution in [0.3, 0.4) is 0 Å². The summed E-state index contributed by atoms with van der Waals surface area (Å²) in [6, 6.07) is 0. The van der Waals surface area contributed by atoms with Crippen LogP contribution >= 0.6 is 0 Å². The zero-order chi connectivity index (χ0) is 16.8. The van der Waals surface area contributed by atoms with Crippen molar-refractivity contribution < 1.29 is 29.3 Å². The van der Waals surface area contributed by atoms with Gasteiger partial charge in [0, 0.05) is 13.2 Å². The third-order valence-corrected chi connectivity index (χ3v) is 3.57. The highest BCUT2D eigenvalue weighted by Crippen LogP contribution is 2.12. The number of carboxylic acids is 2. The molecule has 6 heteroatoms. The van der Waals surface area contributed by atoms with E-state index in [9.17, 15) is 9.59 Å². The molecule has 0 spiro atoms. The van der Waals surface area contributed by atoms with E-state index < -0.39 is 11.9 Å². The molecular formula is C16H30O6. The summed E-state index contributed by atoms with van der Waals surface area (Å²) in [7, 11) is 0. The lowest BCUT2D eigenvalue weighted by Crippen LogP contribution is -2.18. The second-order valence-corrected chi connectivity index (χ2v) is 5.45. The molecule has 2 atom stereocenters. The largest absolute Gasteiger partial charge is 0.481 e. The summed E-state index contributed by atoms with van der Waals surface area (Å²) in [5.41, 5.74) is 0. The van der Waals surface area contributed by atoms with E-state index in [-0.39, 0.29) is 11.8 Å². The molecule has 0 aliphatic carbocycles. The monoisotopic (exact) mass is 318 g/mol. The van der Waals surface area contributed by atoms with E-state index >= 15 is 0 Å². The maximum absolute atomic E-state index is 10.9. The van der Waals surface area contributed by atoms with Gasteiger partial charge >= 0.3 is 11.9 Å². The Morgan fingerprint density at radius 3 is 1.36 bits per heavy atom. The van der Waals surface area contributed by atoms with Crippen molar-refractivity contribution in [1.29, 1.82) is 0 Å². The van der Waals surface area contributed by atoms with Gasteiger partial charge in [0.15, 0.2) is 0 Å². The summed E-state index contributed by atoms with van der Waals surface area (Å²) in [4.78, 5) is 21.9. The number of carboxylic acid groups (broad SMARTS) is 2. The highest BCUT2D eigenvalue weighted by Gasteiger charge is 2.16. The number of carbonyl (C=O) groups is 2. The molecule has 2 N–H and O–H groups in total. The van der Waals surface area contributed by atoms with Crippen LogP contribution in [0.25, 0.3) is 0 Å². The minimum Gasteiger partial charge on any atom is -0.481 e. The van der Waals surface area contributed by atoms with E-state index in [0.29, 0.717) is 52.1 Å². The Bertz CT molecular complexity index is 275. The van der Waals surface area contributed by atoms with E-state index in [1.165, 1.54) is 0 Å². The third kappa shape index (κ3) is 10.6.